The van der Waals surface area contributed by atoms with Crippen LogP contribution >= 0.6 is 0 Å². The van der Waals surface area contributed by atoms with Crippen LogP contribution in [0.4, 0.5) is 5.82 Å². The lowest BCUT2D eigenvalue weighted by atomic mass is 10.1. The lowest BCUT2D eigenvalue weighted by Gasteiger charge is -2.07. The van der Waals surface area contributed by atoms with E-state index in [0.717, 1.165) is 16.7 Å². The Bertz CT molecular complexity index is 814. The molecule has 0 fully saturated rings. The second-order valence-corrected chi connectivity index (χ2v) is 4.70. The Hall–Kier alpha value is -2.94. The minimum absolute atomic E-state index is 0.544. The molecule has 3 rings (SSSR count). The molecule has 0 aliphatic rings. The molecule has 21 heavy (non-hydrogen) atoms. The number of aryl methyl sites for hydroxylation is 1. The fraction of sp³-hybridized carbons (Fsp3) is 0.200. The molecule has 0 saturated carbocycles. The summed E-state index contributed by atoms with van der Waals surface area (Å²) in [5, 5.41) is 17.6. The third kappa shape index (κ3) is 2.82. The van der Waals surface area contributed by atoms with E-state index < -0.39 is 0 Å². The van der Waals surface area contributed by atoms with Crippen LogP contribution in [0.25, 0.3) is 10.9 Å². The van der Waals surface area contributed by atoms with Gasteiger partial charge in [-0.25, -0.2) is 9.97 Å². The monoisotopic (exact) mass is 278 g/mol. The summed E-state index contributed by atoms with van der Waals surface area (Å²) in [5.41, 5.74) is 1.41. The normalized spacial score (nSPS) is 10.5. The quantitative estimate of drug-likeness (QED) is 0.788. The van der Waals surface area contributed by atoms with Gasteiger partial charge in [0, 0.05) is 25.4 Å². The van der Waals surface area contributed by atoms with E-state index in [2.05, 4.69) is 26.5 Å². The van der Waals surface area contributed by atoms with Gasteiger partial charge in [0.15, 0.2) is 5.82 Å². The molecule has 0 amide bonds. The van der Waals surface area contributed by atoms with Crippen LogP contribution in [0.2, 0.25) is 0 Å². The smallest absolute Gasteiger partial charge is 0.152 e. The summed E-state index contributed by atoms with van der Waals surface area (Å²) >= 11 is 0. The molecule has 6 nitrogen and oxygen atoms in total. The zero-order chi connectivity index (χ0) is 14.7. The number of hydrogen-bond acceptors (Lipinski definition) is 5. The molecule has 0 aliphatic heterocycles. The maximum Gasteiger partial charge on any atom is 0.152 e. The van der Waals surface area contributed by atoms with E-state index in [4.69, 9.17) is 0 Å². The molecule has 0 spiro atoms. The standard InChI is InChI=1S/C15H14N6/c1-21-10-18-14(20-21)6-7-17-15-12(9-16)8-11-4-2-3-5-13(11)19-15/h2-5,8,10H,6-7H2,1H3,(H,17,19). The van der Waals surface area contributed by atoms with Crippen LogP contribution in [-0.4, -0.2) is 26.3 Å². The number of pyridine rings is 1. The molecule has 1 aromatic carbocycles. The number of hydrogen-bond donors (Lipinski definition) is 1. The van der Waals surface area contributed by atoms with Crippen molar-refractivity contribution in [2.45, 2.75) is 6.42 Å². The Morgan fingerprint density at radius 3 is 2.95 bits per heavy atom. The van der Waals surface area contributed by atoms with Crippen molar-refractivity contribution in [1.82, 2.24) is 19.7 Å². The number of para-hydroxylation sites is 1. The van der Waals surface area contributed by atoms with Gasteiger partial charge in [-0.3, -0.25) is 4.68 Å². The largest absolute Gasteiger partial charge is 0.369 e. The van der Waals surface area contributed by atoms with E-state index in [1.165, 1.54) is 0 Å². The molecule has 0 aliphatic carbocycles. The van der Waals surface area contributed by atoms with Crippen molar-refractivity contribution in [3.63, 3.8) is 0 Å². The fourth-order valence-corrected chi connectivity index (χ4v) is 2.13. The number of rotatable bonds is 4. The molecule has 0 radical (unpaired) electrons. The average Bonchev–Trinajstić information content (AvgIpc) is 2.92. The van der Waals surface area contributed by atoms with Crippen molar-refractivity contribution in [3.05, 3.63) is 48.0 Å². The van der Waals surface area contributed by atoms with Crippen molar-refractivity contribution >= 4 is 16.7 Å². The Morgan fingerprint density at radius 2 is 2.19 bits per heavy atom. The molecule has 104 valence electrons. The van der Waals surface area contributed by atoms with Gasteiger partial charge in [-0.15, -0.1) is 0 Å². The van der Waals surface area contributed by atoms with Crippen molar-refractivity contribution < 1.29 is 0 Å². The van der Waals surface area contributed by atoms with Gasteiger partial charge in [-0.2, -0.15) is 10.4 Å². The van der Waals surface area contributed by atoms with Gasteiger partial charge in [0.25, 0.3) is 0 Å². The molecule has 2 heterocycles. The molecule has 0 bridgehead atoms. The Labute approximate surface area is 122 Å². The highest BCUT2D eigenvalue weighted by Gasteiger charge is 2.06. The van der Waals surface area contributed by atoms with Gasteiger partial charge in [-0.1, -0.05) is 18.2 Å². The van der Waals surface area contributed by atoms with Gasteiger partial charge in [-0.05, 0) is 12.1 Å². The Morgan fingerprint density at radius 1 is 1.33 bits per heavy atom. The number of fused-ring (bicyclic) bond motifs is 1. The molecule has 2 aromatic heterocycles. The van der Waals surface area contributed by atoms with Crippen LogP contribution in [0.15, 0.2) is 36.7 Å². The van der Waals surface area contributed by atoms with Crippen molar-refractivity contribution in [3.8, 4) is 6.07 Å². The zero-order valence-electron chi connectivity index (χ0n) is 11.6. The summed E-state index contributed by atoms with van der Waals surface area (Å²) in [6.07, 6.45) is 2.35. The van der Waals surface area contributed by atoms with Crippen LogP contribution in [0.5, 0.6) is 0 Å². The van der Waals surface area contributed by atoms with E-state index >= 15 is 0 Å². The minimum Gasteiger partial charge on any atom is -0.369 e. The number of nitrogens with zero attached hydrogens (tertiary/aromatic N) is 5. The first-order valence-corrected chi connectivity index (χ1v) is 6.64. The van der Waals surface area contributed by atoms with E-state index in [1.54, 1.807) is 11.0 Å². The van der Waals surface area contributed by atoms with Gasteiger partial charge < -0.3 is 5.32 Å². The van der Waals surface area contributed by atoms with Crippen molar-refractivity contribution in [1.29, 1.82) is 5.26 Å². The molecule has 0 atom stereocenters. The summed E-state index contributed by atoms with van der Waals surface area (Å²) in [4.78, 5) is 8.67. The first-order valence-electron chi connectivity index (χ1n) is 6.64. The summed E-state index contributed by atoms with van der Waals surface area (Å²) in [6, 6.07) is 11.8. The van der Waals surface area contributed by atoms with Crippen LogP contribution in [0.1, 0.15) is 11.4 Å². The maximum atomic E-state index is 9.24. The van der Waals surface area contributed by atoms with Gasteiger partial charge >= 0.3 is 0 Å². The van der Waals surface area contributed by atoms with Crippen molar-refractivity contribution in [2.24, 2.45) is 7.05 Å². The van der Waals surface area contributed by atoms with E-state index in [9.17, 15) is 5.26 Å². The molecule has 6 heteroatoms. The van der Waals surface area contributed by atoms with E-state index in [1.807, 2.05) is 37.4 Å². The Balaban J connectivity index is 1.78. The van der Waals surface area contributed by atoms with Gasteiger partial charge in [0.1, 0.15) is 18.2 Å². The molecular weight excluding hydrogens is 264 g/mol. The van der Waals surface area contributed by atoms with Crippen LogP contribution in [0.3, 0.4) is 0 Å². The van der Waals surface area contributed by atoms with E-state index in [-0.39, 0.29) is 0 Å². The summed E-state index contributed by atoms with van der Waals surface area (Å²) in [7, 11) is 1.84. The molecule has 1 N–H and O–H groups in total. The number of nitrogens with one attached hydrogen (secondary N) is 1. The topological polar surface area (TPSA) is 79.4 Å². The second-order valence-electron chi connectivity index (χ2n) is 4.70. The Kier molecular flexibility index (Phi) is 3.48. The number of anilines is 1. The summed E-state index contributed by atoms with van der Waals surface area (Å²) in [6.45, 7) is 0.629. The zero-order valence-corrected chi connectivity index (χ0v) is 11.6. The number of nitriles is 1. The predicted octanol–water partition coefficient (Wildman–Crippen LogP) is 1.89. The predicted molar refractivity (Wildman–Crippen MR) is 79.7 cm³/mol. The number of aromatic nitrogens is 4. The van der Waals surface area contributed by atoms with Crippen LogP contribution in [-0.2, 0) is 13.5 Å². The first-order chi connectivity index (χ1) is 10.3. The fourth-order valence-electron chi connectivity index (χ4n) is 2.13. The molecule has 3 aromatic rings. The highest BCUT2D eigenvalue weighted by molar-refractivity contribution is 5.82. The number of benzene rings is 1. The maximum absolute atomic E-state index is 9.24. The van der Waals surface area contributed by atoms with Gasteiger partial charge in [0.05, 0.1) is 11.1 Å². The highest BCUT2D eigenvalue weighted by atomic mass is 15.3. The first kappa shape index (κ1) is 13.1. The average molecular weight is 278 g/mol. The van der Waals surface area contributed by atoms with Crippen LogP contribution < -0.4 is 5.32 Å². The van der Waals surface area contributed by atoms with E-state index in [0.29, 0.717) is 24.3 Å². The lowest BCUT2D eigenvalue weighted by Crippen LogP contribution is -2.09. The minimum atomic E-state index is 0.544. The van der Waals surface area contributed by atoms with Crippen molar-refractivity contribution in [2.75, 3.05) is 11.9 Å². The summed E-state index contributed by atoms with van der Waals surface area (Å²) in [5.74, 6) is 1.37. The molecule has 0 unspecified atom stereocenters. The van der Waals surface area contributed by atoms with Gasteiger partial charge in [0.2, 0.25) is 0 Å². The highest BCUT2D eigenvalue weighted by Crippen LogP contribution is 2.19. The molecule has 0 saturated heterocycles. The third-order valence-electron chi connectivity index (χ3n) is 3.13. The third-order valence-corrected chi connectivity index (χ3v) is 3.13. The lowest BCUT2D eigenvalue weighted by molar-refractivity contribution is 0.742. The van der Waals surface area contributed by atoms with Crippen LogP contribution in [0, 0.1) is 11.3 Å². The molecular formula is C15H14N6. The SMILES string of the molecule is Cn1cnc(CCNc2nc3ccccc3cc2C#N)n1. The summed E-state index contributed by atoms with van der Waals surface area (Å²) < 4.78 is 1.67. The second kappa shape index (κ2) is 5.59.